The Morgan fingerprint density at radius 3 is 2.81 bits per heavy atom. The molecule has 0 radical (unpaired) electrons. The number of anilines is 1. The number of nitrogens with two attached hydrogens (primary N) is 1. The molecule has 3 rings (SSSR count). The summed E-state index contributed by atoms with van der Waals surface area (Å²) in [6.45, 7) is 1.97. The standard InChI is InChI=1S/C16H25N5/c1-20(2)12-7-8-21(10-12)16-13(15(17)18)9-11-5-3-4-6-14(11)19-16/h9,12H,3-8,10H2,1-2H3,(H3,17,18). The Balaban J connectivity index is 1.95. The number of amidine groups is 1. The van der Waals surface area contributed by atoms with Gasteiger partial charge in [0.2, 0.25) is 0 Å². The quantitative estimate of drug-likeness (QED) is 0.651. The molecule has 5 heteroatoms. The minimum atomic E-state index is 0.138. The summed E-state index contributed by atoms with van der Waals surface area (Å²) < 4.78 is 0. The summed E-state index contributed by atoms with van der Waals surface area (Å²) in [6.07, 6.45) is 5.72. The average molecular weight is 287 g/mol. The molecule has 1 atom stereocenters. The molecule has 0 bridgehead atoms. The van der Waals surface area contributed by atoms with Crippen LogP contribution in [-0.2, 0) is 12.8 Å². The van der Waals surface area contributed by atoms with E-state index in [4.69, 9.17) is 16.1 Å². The summed E-state index contributed by atoms with van der Waals surface area (Å²) in [6, 6.07) is 2.67. The normalized spacial score (nSPS) is 21.7. The highest BCUT2D eigenvalue weighted by molar-refractivity contribution is 6.00. The number of hydrogen-bond acceptors (Lipinski definition) is 4. The van der Waals surface area contributed by atoms with E-state index < -0.39 is 0 Å². The second kappa shape index (κ2) is 5.64. The fourth-order valence-corrected chi connectivity index (χ4v) is 3.42. The molecule has 114 valence electrons. The van der Waals surface area contributed by atoms with Crippen molar-refractivity contribution < 1.29 is 0 Å². The molecule has 1 aliphatic heterocycles. The predicted molar refractivity (Wildman–Crippen MR) is 86.2 cm³/mol. The SMILES string of the molecule is CN(C)C1CCN(c2nc3c(cc2C(=N)N)CCCC3)C1. The summed E-state index contributed by atoms with van der Waals surface area (Å²) >= 11 is 0. The molecule has 0 spiro atoms. The third-order valence-corrected chi connectivity index (χ3v) is 4.76. The zero-order valence-corrected chi connectivity index (χ0v) is 13.0. The lowest BCUT2D eigenvalue weighted by molar-refractivity contribution is 0.315. The first-order chi connectivity index (χ1) is 10.1. The van der Waals surface area contributed by atoms with E-state index in [0.717, 1.165) is 43.7 Å². The molecule has 2 heterocycles. The number of nitrogens with one attached hydrogen (secondary N) is 1. The van der Waals surface area contributed by atoms with Crippen molar-refractivity contribution in [2.75, 3.05) is 32.1 Å². The van der Waals surface area contributed by atoms with Crippen molar-refractivity contribution in [2.24, 2.45) is 5.73 Å². The van der Waals surface area contributed by atoms with E-state index in [1.54, 1.807) is 0 Å². The zero-order chi connectivity index (χ0) is 15.0. The minimum Gasteiger partial charge on any atom is -0.384 e. The lowest BCUT2D eigenvalue weighted by Crippen LogP contribution is -2.33. The Hall–Kier alpha value is -1.62. The highest BCUT2D eigenvalue weighted by atomic mass is 15.3. The second-order valence-corrected chi connectivity index (χ2v) is 6.44. The van der Waals surface area contributed by atoms with Gasteiger partial charge >= 0.3 is 0 Å². The molecule has 1 aliphatic carbocycles. The fourth-order valence-electron chi connectivity index (χ4n) is 3.42. The van der Waals surface area contributed by atoms with Crippen LogP contribution in [0.1, 0.15) is 36.1 Å². The molecule has 2 aliphatic rings. The van der Waals surface area contributed by atoms with Crippen LogP contribution < -0.4 is 10.6 Å². The van der Waals surface area contributed by atoms with Crippen LogP contribution in [-0.4, -0.2) is 48.9 Å². The van der Waals surface area contributed by atoms with Crippen molar-refractivity contribution in [3.05, 3.63) is 22.9 Å². The molecule has 1 unspecified atom stereocenters. The number of pyridine rings is 1. The molecule has 1 fully saturated rings. The highest BCUT2D eigenvalue weighted by Crippen LogP contribution is 2.29. The van der Waals surface area contributed by atoms with E-state index in [0.29, 0.717) is 6.04 Å². The molecule has 21 heavy (non-hydrogen) atoms. The molecule has 0 aromatic carbocycles. The van der Waals surface area contributed by atoms with Gasteiger partial charge in [0.15, 0.2) is 0 Å². The molecule has 1 aromatic heterocycles. The van der Waals surface area contributed by atoms with Gasteiger partial charge < -0.3 is 15.5 Å². The second-order valence-electron chi connectivity index (χ2n) is 6.44. The third-order valence-electron chi connectivity index (χ3n) is 4.76. The summed E-state index contributed by atoms with van der Waals surface area (Å²) in [7, 11) is 4.25. The van der Waals surface area contributed by atoms with E-state index in [2.05, 4.69) is 30.0 Å². The van der Waals surface area contributed by atoms with Crippen LogP contribution in [0.4, 0.5) is 5.82 Å². The molecule has 3 N–H and O–H groups in total. The molecular formula is C16H25N5. The molecule has 5 nitrogen and oxygen atoms in total. The Morgan fingerprint density at radius 1 is 1.38 bits per heavy atom. The minimum absolute atomic E-state index is 0.138. The Morgan fingerprint density at radius 2 is 2.14 bits per heavy atom. The first-order valence-corrected chi connectivity index (χ1v) is 7.85. The van der Waals surface area contributed by atoms with Crippen molar-refractivity contribution in [1.82, 2.24) is 9.88 Å². The van der Waals surface area contributed by atoms with Crippen LogP contribution in [0.3, 0.4) is 0 Å². The van der Waals surface area contributed by atoms with Crippen LogP contribution in [0.25, 0.3) is 0 Å². The number of nitrogens with zero attached hydrogens (tertiary/aromatic N) is 3. The van der Waals surface area contributed by atoms with E-state index in [1.165, 1.54) is 24.1 Å². The van der Waals surface area contributed by atoms with E-state index >= 15 is 0 Å². The summed E-state index contributed by atoms with van der Waals surface area (Å²) in [5.74, 6) is 1.06. The number of nitrogen functional groups attached to an aromatic ring is 1. The Labute approximate surface area is 126 Å². The first-order valence-electron chi connectivity index (χ1n) is 7.85. The summed E-state index contributed by atoms with van der Waals surface area (Å²) in [5, 5.41) is 7.89. The highest BCUT2D eigenvalue weighted by Gasteiger charge is 2.28. The first kappa shape index (κ1) is 14.3. The topological polar surface area (TPSA) is 69.2 Å². The van der Waals surface area contributed by atoms with Gasteiger partial charge in [-0.25, -0.2) is 4.98 Å². The molecular weight excluding hydrogens is 262 g/mol. The van der Waals surface area contributed by atoms with E-state index in [-0.39, 0.29) is 5.84 Å². The summed E-state index contributed by atoms with van der Waals surface area (Å²) in [5.41, 5.74) is 9.14. The number of aromatic nitrogens is 1. The van der Waals surface area contributed by atoms with Crippen LogP contribution in [0.2, 0.25) is 0 Å². The fraction of sp³-hybridized carbons (Fsp3) is 0.625. The lowest BCUT2D eigenvalue weighted by atomic mass is 9.94. The smallest absolute Gasteiger partial charge is 0.139 e. The molecule has 1 saturated heterocycles. The predicted octanol–water partition coefficient (Wildman–Crippen LogP) is 1.38. The van der Waals surface area contributed by atoms with Gasteiger partial charge in [0.05, 0.1) is 5.56 Å². The van der Waals surface area contributed by atoms with Gasteiger partial charge in [0, 0.05) is 24.8 Å². The number of likely N-dealkylation sites (N-methyl/N-ethyl adjacent to an activating group) is 1. The van der Waals surface area contributed by atoms with Crippen molar-refractivity contribution in [1.29, 1.82) is 5.41 Å². The van der Waals surface area contributed by atoms with Gasteiger partial charge in [0.25, 0.3) is 0 Å². The van der Waals surface area contributed by atoms with Gasteiger partial charge in [-0.2, -0.15) is 0 Å². The largest absolute Gasteiger partial charge is 0.384 e. The van der Waals surface area contributed by atoms with Gasteiger partial charge in [-0.1, -0.05) is 0 Å². The van der Waals surface area contributed by atoms with E-state index in [1.807, 2.05) is 0 Å². The van der Waals surface area contributed by atoms with Gasteiger partial charge in [-0.05, 0) is 57.8 Å². The van der Waals surface area contributed by atoms with E-state index in [9.17, 15) is 0 Å². The maximum Gasteiger partial charge on any atom is 0.139 e. The van der Waals surface area contributed by atoms with Crippen LogP contribution in [0.15, 0.2) is 6.07 Å². The van der Waals surface area contributed by atoms with Crippen molar-refractivity contribution in [3.8, 4) is 0 Å². The molecule has 0 amide bonds. The van der Waals surface area contributed by atoms with Gasteiger partial charge in [-0.15, -0.1) is 0 Å². The molecule has 1 aromatic rings. The summed E-state index contributed by atoms with van der Waals surface area (Å²) in [4.78, 5) is 9.47. The molecule has 0 saturated carbocycles. The van der Waals surface area contributed by atoms with Crippen molar-refractivity contribution in [3.63, 3.8) is 0 Å². The Bertz CT molecular complexity index is 552. The van der Waals surface area contributed by atoms with Gasteiger partial charge in [0.1, 0.15) is 11.7 Å². The Kier molecular flexibility index (Phi) is 3.85. The maximum absolute atomic E-state index is 7.89. The average Bonchev–Trinajstić information content (AvgIpc) is 2.95. The maximum atomic E-state index is 7.89. The monoisotopic (exact) mass is 287 g/mol. The van der Waals surface area contributed by atoms with Crippen LogP contribution in [0.5, 0.6) is 0 Å². The number of hydrogen-bond donors (Lipinski definition) is 2. The van der Waals surface area contributed by atoms with Crippen molar-refractivity contribution >= 4 is 11.7 Å². The third kappa shape index (κ3) is 2.75. The number of rotatable bonds is 3. The van der Waals surface area contributed by atoms with Crippen molar-refractivity contribution in [2.45, 2.75) is 38.1 Å². The van der Waals surface area contributed by atoms with Crippen LogP contribution >= 0.6 is 0 Å². The number of aryl methyl sites for hydroxylation is 2. The van der Waals surface area contributed by atoms with Crippen LogP contribution in [0, 0.1) is 5.41 Å². The zero-order valence-electron chi connectivity index (χ0n) is 13.0. The lowest BCUT2D eigenvalue weighted by Gasteiger charge is -2.25. The number of fused-ring (bicyclic) bond motifs is 1. The van der Waals surface area contributed by atoms with Gasteiger partial charge in [-0.3, -0.25) is 5.41 Å².